The summed E-state index contributed by atoms with van der Waals surface area (Å²) >= 11 is 6.37. The highest BCUT2D eigenvalue weighted by molar-refractivity contribution is 6.32. The molecule has 2 heterocycles. The summed E-state index contributed by atoms with van der Waals surface area (Å²) in [6.07, 6.45) is 3.39. The van der Waals surface area contributed by atoms with Crippen LogP contribution in [-0.2, 0) is 4.79 Å². The minimum Gasteiger partial charge on any atom is -0.482 e. The van der Waals surface area contributed by atoms with Crippen LogP contribution in [0.3, 0.4) is 0 Å². The molecule has 6 heteroatoms. The summed E-state index contributed by atoms with van der Waals surface area (Å²) in [4.78, 5) is 14.4. The molecule has 1 amide bonds. The van der Waals surface area contributed by atoms with Crippen LogP contribution in [-0.4, -0.2) is 43.6 Å². The van der Waals surface area contributed by atoms with Gasteiger partial charge in [0.2, 0.25) is 0 Å². The molecule has 2 aliphatic rings. The number of rotatable bonds is 4. The number of piperidine rings is 1. The second-order valence-corrected chi connectivity index (χ2v) is 8.01. The molecule has 1 spiro atoms. The maximum atomic E-state index is 12.5. The number of hydrogen-bond acceptors (Lipinski definition) is 3. The Balaban J connectivity index is 0.00000225. The van der Waals surface area contributed by atoms with Gasteiger partial charge in [-0.2, -0.15) is 0 Å². The van der Waals surface area contributed by atoms with E-state index in [0.717, 1.165) is 50.1 Å². The van der Waals surface area contributed by atoms with Crippen molar-refractivity contribution >= 4 is 29.9 Å². The van der Waals surface area contributed by atoms with Crippen molar-refractivity contribution in [1.29, 1.82) is 0 Å². The van der Waals surface area contributed by atoms with Crippen LogP contribution >= 0.6 is 24.0 Å². The first-order valence-corrected chi connectivity index (χ1v) is 9.99. The smallest absolute Gasteiger partial charge is 0.260 e. The van der Waals surface area contributed by atoms with Crippen LogP contribution in [0.5, 0.6) is 5.75 Å². The monoisotopic (exact) mass is 420 g/mol. The van der Waals surface area contributed by atoms with E-state index in [2.05, 4.69) is 5.32 Å². The Morgan fingerprint density at radius 3 is 2.46 bits per heavy atom. The van der Waals surface area contributed by atoms with Gasteiger partial charge in [-0.1, -0.05) is 48.0 Å². The molecule has 4 nitrogen and oxygen atoms in total. The number of halogens is 2. The summed E-state index contributed by atoms with van der Waals surface area (Å²) in [5.41, 5.74) is 2.55. The molecule has 2 aromatic rings. The third kappa shape index (κ3) is 4.62. The molecule has 0 atom stereocenters. The zero-order chi connectivity index (χ0) is 18.7. The van der Waals surface area contributed by atoms with Crippen LogP contribution in [0.4, 0.5) is 0 Å². The number of nitrogens with one attached hydrogen (secondary N) is 1. The summed E-state index contributed by atoms with van der Waals surface area (Å²) < 4.78 is 5.72. The van der Waals surface area contributed by atoms with Crippen LogP contribution in [0.1, 0.15) is 19.3 Å². The van der Waals surface area contributed by atoms with Gasteiger partial charge in [-0.05, 0) is 54.5 Å². The normalized spacial score (nSPS) is 18.0. The molecule has 0 aromatic heterocycles. The Labute approximate surface area is 177 Å². The van der Waals surface area contributed by atoms with Gasteiger partial charge in [0.1, 0.15) is 5.75 Å². The van der Waals surface area contributed by atoms with Gasteiger partial charge in [-0.25, -0.2) is 0 Å². The van der Waals surface area contributed by atoms with Crippen molar-refractivity contribution in [2.45, 2.75) is 19.3 Å². The number of hydrogen-bond donors (Lipinski definition) is 1. The molecular formula is C22H26Cl2N2O2. The summed E-state index contributed by atoms with van der Waals surface area (Å²) in [6, 6.07) is 15.8. The van der Waals surface area contributed by atoms with Crippen molar-refractivity contribution in [3.05, 3.63) is 53.6 Å². The fourth-order valence-electron chi connectivity index (χ4n) is 4.11. The van der Waals surface area contributed by atoms with Gasteiger partial charge in [0.25, 0.3) is 5.91 Å². The number of nitrogens with zero attached hydrogens (tertiary/aromatic N) is 1. The van der Waals surface area contributed by atoms with Gasteiger partial charge in [0, 0.05) is 19.6 Å². The average Bonchev–Trinajstić information content (AvgIpc) is 3.16. The molecule has 0 saturated carbocycles. The van der Waals surface area contributed by atoms with Gasteiger partial charge < -0.3 is 15.0 Å². The van der Waals surface area contributed by atoms with Crippen molar-refractivity contribution < 1.29 is 9.53 Å². The van der Waals surface area contributed by atoms with Gasteiger partial charge in [0.05, 0.1) is 5.02 Å². The summed E-state index contributed by atoms with van der Waals surface area (Å²) in [5.74, 6) is 0.595. The predicted octanol–water partition coefficient (Wildman–Crippen LogP) is 4.41. The SMILES string of the molecule is Cl.O=C(COc1ccc(-c2ccccc2)cc1Cl)N1CCC2(CCNC2)CC1. The highest BCUT2D eigenvalue weighted by Gasteiger charge is 2.38. The van der Waals surface area contributed by atoms with Crippen molar-refractivity contribution in [3.63, 3.8) is 0 Å². The molecular weight excluding hydrogens is 395 g/mol. The lowest BCUT2D eigenvalue weighted by atomic mass is 9.78. The Bertz CT molecular complexity index is 797. The van der Waals surface area contributed by atoms with E-state index >= 15 is 0 Å². The van der Waals surface area contributed by atoms with Crippen LogP contribution in [0.2, 0.25) is 5.02 Å². The largest absolute Gasteiger partial charge is 0.482 e. The number of likely N-dealkylation sites (tertiary alicyclic amines) is 1. The Kier molecular flexibility index (Phi) is 6.86. The van der Waals surface area contributed by atoms with Crippen molar-refractivity contribution in [2.75, 3.05) is 32.8 Å². The van der Waals surface area contributed by atoms with Crippen molar-refractivity contribution in [3.8, 4) is 16.9 Å². The lowest BCUT2D eigenvalue weighted by Crippen LogP contribution is -2.45. The van der Waals surface area contributed by atoms with Crippen molar-refractivity contribution in [1.82, 2.24) is 10.2 Å². The molecule has 2 saturated heterocycles. The van der Waals surface area contributed by atoms with E-state index in [-0.39, 0.29) is 24.9 Å². The van der Waals surface area contributed by atoms with E-state index < -0.39 is 0 Å². The fourth-order valence-corrected chi connectivity index (χ4v) is 4.35. The molecule has 1 N–H and O–H groups in total. The molecule has 4 rings (SSSR count). The van der Waals surface area contributed by atoms with Gasteiger partial charge in [0.15, 0.2) is 6.61 Å². The van der Waals surface area contributed by atoms with E-state index in [4.69, 9.17) is 16.3 Å². The maximum absolute atomic E-state index is 12.5. The molecule has 0 unspecified atom stereocenters. The Morgan fingerprint density at radius 1 is 1.07 bits per heavy atom. The summed E-state index contributed by atoms with van der Waals surface area (Å²) in [7, 11) is 0. The van der Waals surface area contributed by atoms with E-state index in [0.29, 0.717) is 16.2 Å². The Hall–Kier alpha value is -1.75. The molecule has 28 heavy (non-hydrogen) atoms. The van der Waals surface area contributed by atoms with E-state index in [9.17, 15) is 4.79 Å². The van der Waals surface area contributed by atoms with Crippen LogP contribution < -0.4 is 10.1 Å². The Morgan fingerprint density at radius 2 is 1.82 bits per heavy atom. The first-order valence-electron chi connectivity index (χ1n) is 9.62. The lowest BCUT2D eigenvalue weighted by molar-refractivity contribution is -0.135. The predicted molar refractivity (Wildman–Crippen MR) is 115 cm³/mol. The summed E-state index contributed by atoms with van der Waals surface area (Å²) in [5, 5.41) is 3.98. The van der Waals surface area contributed by atoms with Gasteiger partial charge >= 0.3 is 0 Å². The fraction of sp³-hybridized carbons (Fsp3) is 0.409. The molecule has 2 aliphatic heterocycles. The van der Waals surface area contributed by atoms with Gasteiger partial charge in [-0.3, -0.25) is 4.79 Å². The highest BCUT2D eigenvalue weighted by Crippen LogP contribution is 2.37. The van der Waals surface area contributed by atoms with Crippen LogP contribution in [0.25, 0.3) is 11.1 Å². The maximum Gasteiger partial charge on any atom is 0.260 e. The topological polar surface area (TPSA) is 41.6 Å². The minimum atomic E-state index is 0. The zero-order valence-electron chi connectivity index (χ0n) is 15.8. The number of benzene rings is 2. The molecule has 150 valence electrons. The first-order chi connectivity index (χ1) is 13.2. The van der Waals surface area contributed by atoms with Crippen molar-refractivity contribution in [2.24, 2.45) is 5.41 Å². The number of carbonyl (C=O) groups excluding carboxylic acids is 1. The number of ether oxygens (including phenoxy) is 1. The van der Waals surface area contributed by atoms with E-state index in [1.54, 1.807) is 0 Å². The van der Waals surface area contributed by atoms with E-state index in [1.807, 2.05) is 53.4 Å². The minimum absolute atomic E-state index is 0. The zero-order valence-corrected chi connectivity index (χ0v) is 17.4. The second kappa shape index (κ2) is 9.17. The number of carbonyl (C=O) groups is 1. The molecule has 0 bridgehead atoms. The van der Waals surface area contributed by atoms with Crippen LogP contribution in [0, 0.1) is 5.41 Å². The molecule has 2 fully saturated rings. The van der Waals surface area contributed by atoms with E-state index in [1.165, 1.54) is 6.42 Å². The molecule has 0 radical (unpaired) electrons. The molecule has 0 aliphatic carbocycles. The van der Waals surface area contributed by atoms with Crippen LogP contribution in [0.15, 0.2) is 48.5 Å². The average molecular weight is 421 g/mol. The van der Waals surface area contributed by atoms with Gasteiger partial charge in [-0.15, -0.1) is 12.4 Å². The number of amides is 1. The highest BCUT2D eigenvalue weighted by atomic mass is 35.5. The quantitative estimate of drug-likeness (QED) is 0.795. The lowest BCUT2D eigenvalue weighted by Gasteiger charge is -2.38. The summed E-state index contributed by atoms with van der Waals surface area (Å²) in [6.45, 7) is 3.88. The molecule has 2 aromatic carbocycles. The standard InChI is InChI=1S/C22H25ClN2O2.ClH/c23-19-14-18(17-4-2-1-3-5-17)6-7-20(19)27-15-21(26)25-12-9-22(10-13-25)8-11-24-16-22;/h1-7,14,24H,8-13,15-16H2;1H. The third-order valence-electron chi connectivity index (χ3n) is 5.90. The first kappa shape index (κ1) is 21.0. The third-order valence-corrected chi connectivity index (χ3v) is 6.19. The second-order valence-electron chi connectivity index (χ2n) is 7.61.